The lowest BCUT2D eigenvalue weighted by Gasteiger charge is -2.34. The van der Waals surface area contributed by atoms with Gasteiger partial charge in [-0.25, -0.2) is 4.39 Å². The van der Waals surface area contributed by atoms with Crippen LogP contribution in [0.4, 0.5) is 17.6 Å². The van der Waals surface area contributed by atoms with Gasteiger partial charge in [0.2, 0.25) is 0 Å². The Labute approximate surface area is 159 Å². The summed E-state index contributed by atoms with van der Waals surface area (Å²) in [4.78, 5) is 13.7. The summed E-state index contributed by atoms with van der Waals surface area (Å²) in [6, 6.07) is 8.35. The Balaban J connectivity index is 1.49. The van der Waals surface area contributed by atoms with Gasteiger partial charge in [0, 0.05) is 44.3 Å². The van der Waals surface area contributed by atoms with Gasteiger partial charge >= 0.3 is 6.18 Å². The highest BCUT2D eigenvalue weighted by molar-refractivity contribution is 5.98. The second-order valence-corrected chi connectivity index (χ2v) is 7.19. The molecule has 0 saturated carbocycles. The number of halogens is 4. The molecule has 0 bridgehead atoms. The first-order chi connectivity index (χ1) is 13.3. The Morgan fingerprint density at radius 1 is 1.14 bits per heavy atom. The topological polar surface area (TPSA) is 44.4 Å². The number of carbonyl (C=O) groups excluding carboxylic acids is 1. The van der Waals surface area contributed by atoms with Crippen molar-refractivity contribution in [2.45, 2.75) is 25.3 Å². The van der Waals surface area contributed by atoms with Crippen molar-refractivity contribution < 1.29 is 22.4 Å². The van der Waals surface area contributed by atoms with Gasteiger partial charge in [-0.05, 0) is 41.0 Å². The van der Waals surface area contributed by atoms with Crippen LogP contribution in [0.15, 0.2) is 36.4 Å². The molecule has 4 rings (SSSR count). The van der Waals surface area contributed by atoms with Crippen LogP contribution in [0, 0.1) is 5.82 Å². The molecule has 1 fully saturated rings. The van der Waals surface area contributed by atoms with Gasteiger partial charge in [0.1, 0.15) is 5.82 Å². The van der Waals surface area contributed by atoms with Crippen molar-refractivity contribution in [3.63, 3.8) is 0 Å². The Bertz CT molecular complexity index is 913. The Morgan fingerprint density at radius 2 is 1.96 bits per heavy atom. The van der Waals surface area contributed by atoms with Crippen molar-refractivity contribution >= 4 is 5.91 Å². The van der Waals surface area contributed by atoms with Crippen molar-refractivity contribution in [1.29, 1.82) is 0 Å². The maximum atomic E-state index is 13.6. The van der Waals surface area contributed by atoms with E-state index in [-0.39, 0.29) is 18.5 Å². The van der Waals surface area contributed by atoms with Gasteiger partial charge in [0.15, 0.2) is 0 Å². The molecule has 4 nitrogen and oxygen atoms in total. The Hall–Kier alpha value is -2.45. The Morgan fingerprint density at radius 3 is 2.75 bits per heavy atom. The van der Waals surface area contributed by atoms with Crippen LogP contribution in [-0.2, 0) is 19.3 Å². The van der Waals surface area contributed by atoms with E-state index in [0.717, 1.165) is 23.3 Å². The fourth-order valence-corrected chi connectivity index (χ4v) is 3.81. The maximum Gasteiger partial charge on any atom is 0.416 e. The lowest BCUT2D eigenvalue weighted by molar-refractivity contribution is -0.137. The quantitative estimate of drug-likeness (QED) is 0.787. The number of alkyl halides is 3. The smallest absolute Gasteiger partial charge is 0.348 e. The maximum absolute atomic E-state index is 13.6. The third-order valence-electron chi connectivity index (χ3n) is 5.17. The van der Waals surface area contributed by atoms with Crippen molar-refractivity contribution in [2.24, 2.45) is 0 Å². The van der Waals surface area contributed by atoms with E-state index in [1.807, 2.05) is 17.0 Å². The van der Waals surface area contributed by atoms with E-state index in [1.54, 1.807) is 6.07 Å². The number of nitrogens with one attached hydrogen (secondary N) is 2. The average Bonchev–Trinajstić information content (AvgIpc) is 3.01. The Kier molecular flexibility index (Phi) is 4.84. The summed E-state index contributed by atoms with van der Waals surface area (Å²) in [5.41, 5.74) is 1.98. The molecule has 2 aromatic carbocycles. The molecule has 1 amide bonds. The number of amides is 1. The van der Waals surface area contributed by atoms with Crippen LogP contribution in [0.3, 0.4) is 0 Å². The highest BCUT2D eigenvalue weighted by Crippen LogP contribution is 2.31. The number of hydrogen-bond acceptors (Lipinski definition) is 3. The van der Waals surface area contributed by atoms with E-state index in [1.165, 1.54) is 0 Å². The first kappa shape index (κ1) is 18.9. The van der Waals surface area contributed by atoms with E-state index in [9.17, 15) is 22.4 Å². The summed E-state index contributed by atoms with van der Waals surface area (Å²) < 4.78 is 52.4. The van der Waals surface area contributed by atoms with E-state index in [2.05, 4.69) is 10.6 Å². The third kappa shape index (κ3) is 3.88. The highest BCUT2D eigenvalue weighted by atomic mass is 19.4. The van der Waals surface area contributed by atoms with Crippen LogP contribution >= 0.6 is 0 Å². The molecular weight excluding hydrogens is 374 g/mol. The van der Waals surface area contributed by atoms with Crippen LogP contribution in [0.25, 0.3) is 0 Å². The number of benzene rings is 2. The molecule has 0 aromatic heterocycles. The molecule has 0 spiro atoms. The van der Waals surface area contributed by atoms with Crippen LogP contribution < -0.4 is 10.6 Å². The minimum atomic E-state index is -4.57. The number of fused-ring (bicyclic) bond motifs is 1. The molecular formula is C20H19F4N3O. The SMILES string of the molecule is O=C1NCc2cc(C3CN(Cc4cc(F)cc(C(F)(F)F)c4)CCN3)ccc21. The molecule has 2 N–H and O–H groups in total. The summed E-state index contributed by atoms with van der Waals surface area (Å²) >= 11 is 0. The first-order valence-corrected chi connectivity index (χ1v) is 9.03. The van der Waals surface area contributed by atoms with Gasteiger partial charge in [0.25, 0.3) is 5.91 Å². The molecule has 148 valence electrons. The van der Waals surface area contributed by atoms with E-state index >= 15 is 0 Å². The van der Waals surface area contributed by atoms with Gasteiger partial charge in [-0.15, -0.1) is 0 Å². The fourth-order valence-electron chi connectivity index (χ4n) is 3.81. The molecule has 1 unspecified atom stereocenters. The van der Waals surface area contributed by atoms with Crippen LogP contribution in [0.2, 0.25) is 0 Å². The predicted molar refractivity (Wildman–Crippen MR) is 95.0 cm³/mol. The van der Waals surface area contributed by atoms with Gasteiger partial charge in [0.05, 0.1) is 5.56 Å². The largest absolute Gasteiger partial charge is 0.416 e. The van der Waals surface area contributed by atoms with E-state index in [0.29, 0.717) is 43.4 Å². The molecule has 0 aliphatic carbocycles. The molecule has 2 aromatic rings. The number of rotatable bonds is 3. The van der Waals surface area contributed by atoms with Gasteiger partial charge in [-0.1, -0.05) is 12.1 Å². The summed E-state index contributed by atoms with van der Waals surface area (Å²) in [5.74, 6) is -0.960. The lowest BCUT2D eigenvalue weighted by Crippen LogP contribution is -2.45. The highest BCUT2D eigenvalue weighted by Gasteiger charge is 2.32. The zero-order valence-corrected chi connectivity index (χ0v) is 14.9. The summed E-state index contributed by atoms with van der Waals surface area (Å²) in [5, 5.41) is 6.18. The van der Waals surface area contributed by atoms with Crippen molar-refractivity contribution in [1.82, 2.24) is 15.5 Å². The number of hydrogen-bond donors (Lipinski definition) is 2. The normalized spacial score (nSPS) is 20.1. The summed E-state index contributed by atoms with van der Waals surface area (Å²) in [6.07, 6.45) is -4.57. The van der Waals surface area contributed by atoms with Crippen molar-refractivity contribution in [3.05, 3.63) is 70.0 Å². The summed E-state index contributed by atoms with van der Waals surface area (Å²) in [6.45, 7) is 2.64. The third-order valence-corrected chi connectivity index (χ3v) is 5.17. The predicted octanol–water partition coefficient (Wildman–Crippen LogP) is 3.23. The van der Waals surface area contributed by atoms with E-state index in [4.69, 9.17) is 0 Å². The molecule has 2 aliphatic rings. The summed E-state index contributed by atoms with van der Waals surface area (Å²) in [7, 11) is 0. The molecule has 0 radical (unpaired) electrons. The lowest BCUT2D eigenvalue weighted by atomic mass is 9.99. The van der Waals surface area contributed by atoms with Crippen molar-refractivity contribution in [2.75, 3.05) is 19.6 Å². The van der Waals surface area contributed by atoms with Crippen LogP contribution in [-0.4, -0.2) is 30.4 Å². The minimum Gasteiger partial charge on any atom is -0.348 e. The first-order valence-electron chi connectivity index (χ1n) is 9.03. The second kappa shape index (κ2) is 7.18. The fraction of sp³-hybridized carbons (Fsp3) is 0.350. The van der Waals surface area contributed by atoms with Gasteiger partial charge < -0.3 is 10.6 Å². The zero-order valence-electron chi connectivity index (χ0n) is 14.9. The average molecular weight is 393 g/mol. The molecule has 28 heavy (non-hydrogen) atoms. The molecule has 8 heteroatoms. The second-order valence-electron chi connectivity index (χ2n) is 7.19. The molecule has 2 aliphatic heterocycles. The molecule has 1 saturated heterocycles. The zero-order chi connectivity index (χ0) is 19.9. The monoisotopic (exact) mass is 393 g/mol. The number of carbonyl (C=O) groups is 1. The van der Waals surface area contributed by atoms with Gasteiger partial charge in [-0.2, -0.15) is 13.2 Å². The van der Waals surface area contributed by atoms with Crippen molar-refractivity contribution in [3.8, 4) is 0 Å². The molecule has 2 heterocycles. The van der Waals surface area contributed by atoms with E-state index < -0.39 is 17.6 Å². The molecule has 1 atom stereocenters. The number of nitrogens with zero attached hydrogens (tertiary/aromatic N) is 1. The number of piperazine rings is 1. The van der Waals surface area contributed by atoms with Crippen LogP contribution in [0.1, 0.15) is 38.7 Å². The van der Waals surface area contributed by atoms with Crippen LogP contribution in [0.5, 0.6) is 0 Å². The van der Waals surface area contributed by atoms with Gasteiger partial charge in [-0.3, -0.25) is 9.69 Å². The minimum absolute atomic E-state index is 0.00889. The standard InChI is InChI=1S/C20H19F4N3O/c21-16-6-12(5-15(8-16)20(22,23)24)10-27-4-3-25-18(11-27)13-1-2-17-14(7-13)9-26-19(17)28/h1-2,5-8,18,25H,3-4,9-11H2,(H,26,28).